The van der Waals surface area contributed by atoms with E-state index in [0.717, 1.165) is 11.1 Å². The molecule has 4 rings (SSSR count). The Morgan fingerprint density at radius 2 is 1.62 bits per heavy atom. The monoisotopic (exact) mass is 460 g/mol. The van der Waals surface area contributed by atoms with Gasteiger partial charge in [0.2, 0.25) is 10.0 Å². The lowest BCUT2D eigenvalue weighted by Crippen LogP contribution is -2.40. The molecule has 172 valence electrons. The van der Waals surface area contributed by atoms with E-state index in [4.69, 9.17) is 14.2 Å². The third kappa shape index (κ3) is 4.07. The summed E-state index contributed by atoms with van der Waals surface area (Å²) < 4.78 is 43.1. The topological polar surface area (TPSA) is 85.4 Å². The molecule has 1 fully saturated rings. The third-order valence-electron chi connectivity index (χ3n) is 6.15. The van der Waals surface area contributed by atoms with Crippen molar-refractivity contribution in [3.05, 3.63) is 53.1 Å². The van der Waals surface area contributed by atoms with E-state index in [1.54, 1.807) is 31.3 Å². The zero-order valence-corrected chi connectivity index (χ0v) is 19.4. The molecule has 0 aromatic heterocycles. The van der Waals surface area contributed by atoms with Crippen molar-refractivity contribution in [2.75, 3.05) is 47.1 Å². The van der Waals surface area contributed by atoms with Gasteiger partial charge >= 0.3 is 0 Å². The molecule has 9 heteroatoms. The van der Waals surface area contributed by atoms with E-state index in [0.29, 0.717) is 56.3 Å². The Hall–Kier alpha value is -2.62. The number of hydrogen-bond donors (Lipinski definition) is 0. The molecule has 0 N–H and O–H groups in total. The summed E-state index contributed by atoms with van der Waals surface area (Å²) in [6, 6.07) is 9.94. The van der Waals surface area contributed by atoms with Gasteiger partial charge in [-0.1, -0.05) is 0 Å². The number of amides is 1. The molecule has 2 heterocycles. The number of carbonyl (C=O) groups is 1. The van der Waals surface area contributed by atoms with Gasteiger partial charge in [0.15, 0.2) is 11.5 Å². The fraction of sp³-hybridized carbons (Fsp3) is 0.435. The maximum Gasteiger partial charge on any atom is 0.254 e. The highest BCUT2D eigenvalue weighted by Crippen LogP contribution is 2.38. The summed E-state index contributed by atoms with van der Waals surface area (Å²) in [5.74, 6) is 1.17. The first kappa shape index (κ1) is 22.6. The number of rotatable bonds is 5. The molecule has 1 unspecified atom stereocenters. The predicted octanol–water partition coefficient (Wildman–Crippen LogP) is 2.48. The van der Waals surface area contributed by atoms with Crippen LogP contribution in [0.3, 0.4) is 0 Å². The minimum absolute atomic E-state index is 0.131. The van der Waals surface area contributed by atoms with Crippen molar-refractivity contribution in [2.24, 2.45) is 0 Å². The summed E-state index contributed by atoms with van der Waals surface area (Å²) in [4.78, 5) is 15.2. The van der Waals surface area contributed by atoms with Crippen LogP contribution in [0.15, 0.2) is 41.3 Å². The standard InChI is InChI=1S/C23H28N2O6S/c1-16-20-15-22(30-3)21(29-2)14-18(20)8-9-25(16)23(26)17-4-6-19(7-5-17)32(27,28)24-10-12-31-13-11-24/h4-7,14-16H,8-13H2,1-3H3. The number of carbonyl (C=O) groups excluding carboxylic acids is 1. The van der Waals surface area contributed by atoms with Crippen LogP contribution in [0.2, 0.25) is 0 Å². The quantitative estimate of drug-likeness (QED) is 0.682. The summed E-state index contributed by atoms with van der Waals surface area (Å²) in [6.45, 7) is 4.00. The van der Waals surface area contributed by atoms with E-state index in [9.17, 15) is 13.2 Å². The fourth-order valence-corrected chi connectivity index (χ4v) is 5.70. The van der Waals surface area contributed by atoms with Crippen molar-refractivity contribution in [1.29, 1.82) is 0 Å². The van der Waals surface area contributed by atoms with Gasteiger partial charge in [-0.3, -0.25) is 4.79 Å². The SMILES string of the molecule is COc1cc2c(cc1OC)C(C)N(C(=O)c1ccc(S(=O)(=O)N3CCOCC3)cc1)CC2. The molecule has 2 aliphatic rings. The van der Waals surface area contributed by atoms with Crippen LogP contribution in [-0.4, -0.2) is 70.6 Å². The van der Waals surface area contributed by atoms with Crippen LogP contribution in [0.1, 0.15) is 34.5 Å². The predicted molar refractivity (Wildman–Crippen MR) is 119 cm³/mol. The Bertz CT molecular complexity index is 1090. The summed E-state index contributed by atoms with van der Waals surface area (Å²) in [6.07, 6.45) is 0.704. The van der Waals surface area contributed by atoms with Crippen LogP contribution < -0.4 is 9.47 Å². The van der Waals surface area contributed by atoms with Gasteiger partial charge in [0.25, 0.3) is 5.91 Å². The Morgan fingerprint density at radius 3 is 2.25 bits per heavy atom. The Balaban J connectivity index is 1.55. The highest BCUT2D eigenvalue weighted by atomic mass is 32.2. The Labute approximate surface area is 188 Å². The smallest absolute Gasteiger partial charge is 0.254 e. The van der Waals surface area contributed by atoms with Gasteiger partial charge in [0.1, 0.15) is 0 Å². The first-order valence-electron chi connectivity index (χ1n) is 10.6. The van der Waals surface area contributed by atoms with Crippen LogP contribution in [0, 0.1) is 0 Å². The first-order chi connectivity index (χ1) is 15.4. The average Bonchev–Trinajstić information content (AvgIpc) is 2.83. The first-order valence-corrected chi connectivity index (χ1v) is 12.0. The van der Waals surface area contributed by atoms with E-state index >= 15 is 0 Å². The van der Waals surface area contributed by atoms with E-state index in [-0.39, 0.29) is 16.8 Å². The highest BCUT2D eigenvalue weighted by molar-refractivity contribution is 7.89. The molecule has 2 aromatic carbocycles. The van der Waals surface area contributed by atoms with E-state index in [2.05, 4.69) is 0 Å². The maximum absolute atomic E-state index is 13.3. The average molecular weight is 461 g/mol. The molecular formula is C23H28N2O6S. The third-order valence-corrected chi connectivity index (χ3v) is 8.07. The lowest BCUT2D eigenvalue weighted by atomic mass is 9.92. The van der Waals surface area contributed by atoms with Crippen LogP contribution in [-0.2, 0) is 21.2 Å². The van der Waals surface area contributed by atoms with Crippen molar-refractivity contribution in [3.63, 3.8) is 0 Å². The second-order valence-corrected chi connectivity index (χ2v) is 9.81. The number of morpholine rings is 1. The number of nitrogens with zero attached hydrogens (tertiary/aromatic N) is 2. The van der Waals surface area contributed by atoms with E-state index in [1.807, 2.05) is 19.1 Å². The largest absolute Gasteiger partial charge is 0.493 e. The summed E-state index contributed by atoms with van der Waals surface area (Å²) >= 11 is 0. The lowest BCUT2D eigenvalue weighted by Gasteiger charge is -2.36. The molecule has 0 spiro atoms. The second-order valence-electron chi connectivity index (χ2n) is 7.87. The van der Waals surface area contributed by atoms with E-state index < -0.39 is 10.0 Å². The summed E-state index contributed by atoms with van der Waals surface area (Å²) in [7, 11) is -0.395. The van der Waals surface area contributed by atoms with Crippen molar-refractivity contribution in [1.82, 2.24) is 9.21 Å². The zero-order chi connectivity index (χ0) is 22.9. The molecule has 32 heavy (non-hydrogen) atoms. The molecule has 2 aliphatic heterocycles. The van der Waals surface area contributed by atoms with Gasteiger partial charge < -0.3 is 19.1 Å². The summed E-state index contributed by atoms with van der Waals surface area (Å²) in [5.41, 5.74) is 2.61. The second kappa shape index (κ2) is 9.09. The van der Waals surface area contributed by atoms with Crippen molar-refractivity contribution < 1.29 is 27.4 Å². The number of methoxy groups -OCH3 is 2. The van der Waals surface area contributed by atoms with Gasteiger partial charge in [0.05, 0.1) is 38.4 Å². The molecule has 1 saturated heterocycles. The molecule has 0 saturated carbocycles. The fourth-order valence-electron chi connectivity index (χ4n) is 4.29. The van der Waals surface area contributed by atoms with Crippen LogP contribution in [0.5, 0.6) is 11.5 Å². The minimum atomic E-state index is -3.59. The molecule has 2 aromatic rings. The Morgan fingerprint density at radius 1 is 1.00 bits per heavy atom. The maximum atomic E-state index is 13.3. The van der Waals surface area contributed by atoms with Crippen molar-refractivity contribution in [2.45, 2.75) is 24.3 Å². The number of ether oxygens (including phenoxy) is 3. The van der Waals surface area contributed by atoms with Gasteiger partial charge in [-0.05, 0) is 60.9 Å². The number of fused-ring (bicyclic) bond motifs is 1. The molecule has 1 atom stereocenters. The van der Waals surface area contributed by atoms with Gasteiger partial charge in [-0.2, -0.15) is 4.31 Å². The Kier molecular flexibility index (Phi) is 6.41. The minimum Gasteiger partial charge on any atom is -0.493 e. The van der Waals surface area contributed by atoms with Crippen LogP contribution >= 0.6 is 0 Å². The molecular weight excluding hydrogens is 432 g/mol. The van der Waals surface area contributed by atoms with Crippen LogP contribution in [0.4, 0.5) is 0 Å². The molecule has 8 nitrogen and oxygen atoms in total. The van der Waals surface area contributed by atoms with Gasteiger partial charge in [0, 0.05) is 25.2 Å². The lowest BCUT2D eigenvalue weighted by molar-refractivity contribution is 0.0677. The molecule has 0 radical (unpaired) electrons. The van der Waals surface area contributed by atoms with Crippen LogP contribution in [0.25, 0.3) is 0 Å². The van der Waals surface area contributed by atoms with Crippen molar-refractivity contribution in [3.8, 4) is 11.5 Å². The highest BCUT2D eigenvalue weighted by Gasteiger charge is 2.31. The molecule has 1 amide bonds. The zero-order valence-electron chi connectivity index (χ0n) is 18.5. The number of benzene rings is 2. The normalized spacial score (nSPS) is 19.3. The van der Waals surface area contributed by atoms with Gasteiger partial charge in [-0.25, -0.2) is 8.42 Å². The van der Waals surface area contributed by atoms with Gasteiger partial charge in [-0.15, -0.1) is 0 Å². The molecule has 0 aliphatic carbocycles. The van der Waals surface area contributed by atoms with E-state index in [1.165, 1.54) is 16.4 Å². The molecule has 0 bridgehead atoms. The number of hydrogen-bond acceptors (Lipinski definition) is 6. The van der Waals surface area contributed by atoms with Crippen molar-refractivity contribution >= 4 is 15.9 Å². The number of sulfonamides is 1. The summed E-state index contributed by atoms with van der Waals surface area (Å²) in [5, 5.41) is 0.